The number of benzene rings is 1. The van der Waals surface area contributed by atoms with Gasteiger partial charge in [0.25, 0.3) is 0 Å². The van der Waals surface area contributed by atoms with Gasteiger partial charge in [0.2, 0.25) is 0 Å². The largest absolute Gasteiger partial charge is 0.384 e. The Hall–Kier alpha value is -1.62. The van der Waals surface area contributed by atoms with Crippen LogP contribution in [0.4, 0.5) is 17.3 Å². The number of nitrogens with zero attached hydrogens (tertiary/aromatic N) is 2. The number of hydrogen-bond donors (Lipinski definition) is 2. The molecule has 100 valence electrons. The summed E-state index contributed by atoms with van der Waals surface area (Å²) < 4.78 is 0.976. The molecule has 4 nitrogen and oxygen atoms in total. The highest BCUT2D eigenvalue weighted by atomic mass is 79.9. The van der Waals surface area contributed by atoms with Crippen molar-refractivity contribution in [3.8, 4) is 0 Å². The molecule has 0 fully saturated rings. The van der Waals surface area contributed by atoms with E-state index >= 15 is 0 Å². The van der Waals surface area contributed by atoms with Crippen LogP contribution in [0, 0.1) is 0 Å². The number of nitrogen functional groups attached to an aromatic ring is 1. The lowest BCUT2D eigenvalue weighted by molar-refractivity contribution is 0.547. The van der Waals surface area contributed by atoms with Gasteiger partial charge in [-0.25, -0.2) is 9.97 Å². The molecule has 0 aliphatic carbocycles. The minimum Gasteiger partial charge on any atom is -0.384 e. The topological polar surface area (TPSA) is 63.8 Å². The van der Waals surface area contributed by atoms with Gasteiger partial charge in [0.1, 0.15) is 17.5 Å². The average molecular weight is 321 g/mol. The molecule has 0 aliphatic rings. The van der Waals surface area contributed by atoms with Crippen molar-refractivity contribution < 1.29 is 0 Å². The van der Waals surface area contributed by atoms with Crippen LogP contribution in [0.2, 0.25) is 0 Å². The normalized spacial score (nSPS) is 11.4. The maximum atomic E-state index is 5.84. The first-order valence-corrected chi connectivity index (χ1v) is 6.82. The van der Waals surface area contributed by atoms with Crippen molar-refractivity contribution in [2.45, 2.75) is 26.2 Å². The van der Waals surface area contributed by atoms with Crippen LogP contribution in [0.1, 0.15) is 26.6 Å². The van der Waals surface area contributed by atoms with Crippen LogP contribution in [0.3, 0.4) is 0 Å². The summed E-state index contributed by atoms with van der Waals surface area (Å²) in [5, 5.41) is 3.25. The van der Waals surface area contributed by atoms with E-state index in [4.69, 9.17) is 5.73 Å². The van der Waals surface area contributed by atoms with E-state index in [0.717, 1.165) is 16.0 Å². The molecule has 0 bridgehead atoms. The van der Waals surface area contributed by atoms with E-state index in [-0.39, 0.29) is 5.41 Å². The Morgan fingerprint density at radius 1 is 1.16 bits per heavy atom. The zero-order valence-corrected chi connectivity index (χ0v) is 12.8. The van der Waals surface area contributed by atoms with Crippen molar-refractivity contribution in [2.24, 2.45) is 0 Å². The smallest absolute Gasteiger partial charge is 0.138 e. The van der Waals surface area contributed by atoms with E-state index in [1.165, 1.54) is 0 Å². The van der Waals surface area contributed by atoms with Crippen molar-refractivity contribution in [1.29, 1.82) is 0 Å². The van der Waals surface area contributed by atoms with Crippen LogP contribution < -0.4 is 11.1 Å². The van der Waals surface area contributed by atoms with Crippen LogP contribution >= 0.6 is 15.9 Å². The van der Waals surface area contributed by atoms with Crippen LogP contribution in [0.15, 0.2) is 34.8 Å². The predicted octanol–water partition coefficient (Wildman–Crippen LogP) is 3.86. The van der Waals surface area contributed by atoms with Gasteiger partial charge in [0.15, 0.2) is 0 Å². The highest BCUT2D eigenvalue weighted by Gasteiger charge is 2.18. The van der Waals surface area contributed by atoms with Crippen LogP contribution in [-0.2, 0) is 5.41 Å². The third-order valence-electron chi connectivity index (χ3n) is 2.55. The van der Waals surface area contributed by atoms with Gasteiger partial charge in [-0.15, -0.1) is 0 Å². The molecule has 0 spiro atoms. The summed E-state index contributed by atoms with van der Waals surface area (Å²) in [4.78, 5) is 8.80. The van der Waals surface area contributed by atoms with Gasteiger partial charge in [-0.2, -0.15) is 0 Å². The molecule has 1 heterocycles. The number of anilines is 3. The molecular weight excluding hydrogens is 304 g/mol. The van der Waals surface area contributed by atoms with Crippen LogP contribution in [-0.4, -0.2) is 9.97 Å². The molecule has 5 heteroatoms. The zero-order chi connectivity index (χ0) is 14.0. The van der Waals surface area contributed by atoms with Gasteiger partial charge >= 0.3 is 0 Å². The molecule has 0 radical (unpaired) electrons. The Morgan fingerprint density at radius 3 is 2.47 bits per heavy atom. The van der Waals surface area contributed by atoms with E-state index in [2.05, 4.69) is 52.0 Å². The molecule has 1 aromatic carbocycles. The molecule has 0 unspecified atom stereocenters. The number of para-hydroxylation sites is 1. The maximum Gasteiger partial charge on any atom is 0.138 e. The number of nitrogens with two attached hydrogens (primary N) is 1. The fourth-order valence-electron chi connectivity index (χ4n) is 1.57. The summed E-state index contributed by atoms with van der Waals surface area (Å²) in [7, 11) is 0. The molecule has 1 aromatic heterocycles. The Balaban J connectivity index is 2.36. The Kier molecular flexibility index (Phi) is 3.75. The van der Waals surface area contributed by atoms with Crippen molar-refractivity contribution in [2.75, 3.05) is 11.1 Å². The van der Waals surface area contributed by atoms with Crippen LogP contribution in [0.25, 0.3) is 0 Å². The lowest BCUT2D eigenvalue weighted by atomic mass is 9.96. The van der Waals surface area contributed by atoms with Crippen molar-refractivity contribution in [3.63, 3.8) is 0 Å². The van der Waals surface area contributed by atoms with Gasteiger partial charge in [-0.1, -0.05) is 32.9 Å². The van der Waals surface area contributed by atoms with E-state index in [0.29, 0.717) is 11.6 Å². The summed E-state index contributed by atoms with van der Waals surface area (Å²) in [6.45, 7) is 6.18. The average Bonchev–Trinajstić information content (AvgIpc) is 2.30. The summed E-state index contributed by atoms with van der Waals surface area (Å²) in [6, 6.07) is 9.60. The molecule has 19 heavy (non-hydrogen) atoms. The molecule has 3 N–H and O–H groups in total. The summed E-state index contributed by atoms with van der Waals surface area (Å²) in [5.41, 5.74) is 6.65. The molecule has 0 amide bonds. The van der Waals surface area contributed by atoms with Gasteiger partial charge in [-0.05, 0) is 28.1 Å². The summed E-state index contributed by atoms with van der Waals surface area (Å²) in [5.74, 6) is 1.89. The first kappa shape index (κ1) is 13.8. The first-order valence-electron chi connectivity index (χ1n) is 6.03. The summed E-state index contributed by atoms with van der Waals surface area (Å²) in [6.07, 6.45) is 0. The second kappa shape index (κ2) is 5.17. The lowest BCUT2D eigenvalue weighted by Crippen LogP contribution is -2.17. The van der Waals surface area contributed by atoms with Gasteiger partial charge in [0.05, 0.1) is 5.69 Å². The highest BCUT2D eigenvalue weighted by molar-refractivity contribution is 9.10. The third-order valence-corrected chi connectivity index (χ3v) is 3.24. The van der Waals surface area contributed by atoms with E-state index in [9.17, 15) is 0 Å². The molecule has 0 saturated heterocycles. The molecule has 2 aromatic rings. The maximum absolute atomic E-state index is 5.84. The lowest BCUT2D eigenvalue weighted by Gasteiger charge is -2.18. The fourth-order valence-corrected chi connectivity index (χ4v) is 1.95. The molecule has 0 aliphatic heterocycles. The summed E-state index contributed by atoms with van der Waals surface area (Å²) >= 11 is 3.49. The zero-order valence-electron chi connectivity index (χ0n) is 11.2. The first-order chi connectivity index (χ1) is 8.86. The second-order valence-electron chi connectivity index (χ2n) is 5.36. The third kappa shape index (κ3) is 3.44. The van der Waals surface area contributed by atoms with Crippen molar-refractivity contribution in [3.05, 3.63) is 40.6 Å². The Morgan fingerprint density at radius 2 is 1.84 bits per heavy atom. The standard InChI is InChI=1S/C14H17BrN4/c1-14(2,3)13-18-11(16)8-12(19-13)17-10-7-5-4-6-9(10)15/h4-8H,1-3H3,(H3,16,17,18,19). The predicted molar refractivity (Wildman–Crippen MR) is 82.6 cm³/mol. The monoisotopic (exact) mass is 320 g/mol. The Bertz CT molecular complexity index is 590. The van der Waals surface area contributed by atoms with E-state index in [1.54, 1.807) is 6.07 Å². The number of halogens is 1. The highest BCUT2D eigenvalue weighted by Crippen LogP contribution is 2.26. The fraction of sp³-hybridized carbons (Fsp3) is 0.286. The minimum atomic E-state index is -0.139. The van der Waals surface area contributed by atoms with E-state index in [1.807, 2.05) is 24.3 Å². The number of aromatic nitrogens is 2. The second-order valence-corrected chi connectivity index (χ2v) is 6.21. The Labute approximate surface area is 121 Å². The van der Waals surface area contributed by atoms with Crippen molar-refractivity contribution >= 4 is 33.3 Å². The van der Waals surface area contributed by atoms with Crippen LogP contribution in [0.5, 0.6) is 0 Å². The molecule has 0 saturated carbocycles. The molecule has 2 rings (SSSR count). The number of rotatable bonds is 2. The molecular formula is C14H17BrN4. The SMILES string of the molecule is CC(C)(C)c1nc(N)cc(Nc2ccccc2Br)n1. The molecule has 0 atom stereocenters. The van der Waals surface area contributed by atoms with Crippen molar-refractivity contribution in [1.82, 2.24) is 9.97 Å². The number of hydrogen-bond acceptors (Lipinski definition) is 4. The number of nitrogens with one attached hydrogen (secondary N) is 1. The van der Waals surface area contributed by atoms with E-state index < -0.39 is 0 Å². The van der Waals surface area contributed by atoms with Gasteiger partial charge in [-0.3, -0.25) is 0 Å². The quantitative estimate of drug-likeness (QED) is 0.881. The minimum absolute atomic E-state index is 0.139. The van der Waals surface area contributed by atoms with Gasteiger partial charge in [0, 0.05) is 16.0 Å². The van der Waals surface area contributed by atoms with Gasteiger partial charge < -0.3 is 11.1 Å².